The molecule has 0 aromatic carbocycles. The molecule has 0 bridgehead atoms. The van der Waals surface area contributed by atoms with Crippen LogP contribution in [0.4, 0.5) is 0 Å². The Kier molecular flexibility index (Phi) is 4.12. The van der Waals surface area contributed by atoms with E-state index in [0.29, 0.717) is 0 Å². The van der Waals surface area contributed by atoms with Gasteiger partial charge in [-0.1, -0.05) is 5.11 Å². The van der Waals surface area contributed by atoms with Crippen molar-refractivity contribution < 1.29 is 19.3 Å². The Bertz CT molecular complexity index is 231. The summed E-state index contributed by atoms with van der Waals surface area (Å²) in [6.45, 7) is 0.179. The van der Waals surface area contributed by atoms with Crippen molar-refractivity contribution in [1.82, 2.24) is 0 Å². The van der Waals surface area contributed by atoms with Gasteiger partial charge in [0.05, 0.1) is 18.8 Å². The zero-order chi connectivity index (χ0) is 10.6. The van der Waals surface area contributed by atoms with E-state index in [9.17, 15) is 5.11 Å². The second-order valence-corrected chi connectivity index (χ2v) is 2.90. The first-order valence-corrected chi connectivity index (χ1v) is 4.14. The third-order valence-corrected chi connectivity index (χ3v) is 2.13. The summed E-state index contributed by atoms with van der Waals surface area (Å²) in [7, 11) is 2.86. The van der Waals surface area contributed by atoms with Crippen LogP contribution in [-0.2, 0) is 14.2 Å². The number of hydrogen-bond donors (Lipinski definition) is 1. The van der Waals surface area contributed by atoms with Crippen molar-refractivity contribution in [2.24, 2.45) is 5.11 Å². The number of aliphatic hydroxyl groups excluding tert-OH is 1. The van der Waals surface area contributed by atoms with E-state index in [1.807, 2.05) is 0 Å². The lowest BCUT2D eigenvalue weighted by atomic mass is 10.0. The van der Waals surface area contributed by atoms with Crippen molar-refractivity contribution in [2.45, 2.75) is 24.5 Å². The quantitative estimate of drug-likeness (QED) is 0.398. The normalized spacial score (nSPS) is 37.6. The van der Waals surface area contributed by atoms with Crippen LogP contribution in [0.3, 0.4) is 0 Å². The minimum absolute atomic E-state index is 0.179. The molecule has 1 aliphatic heterocycles. The van der Waals surface area contributed by atoms with E-state index in [0.717, 1.165) is 0 Å². The highest BCUT2D eigenvalue weighted by Crippen LogP contribution is 2.20. The molecule has 4 atom stereocenters. The number of ether oxygens (including phenoxy) is 3. The molecule has 0 aromatic rings. The Morgan fingerprint density at radius 1 is 1.50 bits per heavy atom. The van der Waals surface area contributed by atoms with Gasteiger partial charge in [0.1, 0.15) is 6.10 Å². The van der Waals surface area contributed by atoms with Crippen molar-refractivity contribution >= 4 is 0 Å². The topological polar surface area (TPSA) is 96.7 Å². The lowest BCUT2D eigenvalue weighted by Gasteiger charge is -2.36. The average molecular weight is 203 g/mol. The fourth-order valence-electron chi connectivity index (χ4n) is 1.44. The van der Waals surface area contributed by atoms with Crippen molar-refractivity contribution in [2.75, 3.05) is 20.8 Å². The molecule has 0 aromatic heterocycles. The van der Waals surface area contributed by atoms with Crippen LogP contribution in [-0.4, -0.2) is 50.5 Å². The van der Waals surface area contributed by atoms with Crippen molar-refractivity contribution in [3.63, 3.8) is 0 Å². The Balaban J connectivity index is 2.71. The van der Waals surface area contributed by atoms with Gasteiger partial charge in [-0.05, 0) is 5.53 Å². The summed E-state index contributed by atoms with van der Waals surface area (Å²) >= 11 is 0. The van der Waals surface area contributed by atoms with Gasteiger partial charge in [0, 0.05) is 19.1 Å². The standard InChI is InChI=1S/C7H13N3O4/c1-12-6-4(9-10-8)3-14-7(13-2)5(6)11/h4-7,11H,3H2,1-2H3/t4-,5+,6+,7-/m0/s1. The van der Waals surface area contributed by atoms with Gasteiger partial charge in [-0.15, -0.1) is 0 Å². The second-order valence-electron chi connectivity index (χ2n) is 2.90. The van der Waals surface area contributed by atoms with Gasteiger partial charge in [0.15, 0.2) is 6.29 Å². The molecule has 1 heterocycles. The zero-order valence-electron chi connectivity index (χ0n) is 8.03. The van der Waals surface area contributed by atoms with Crippen molar-refractivity contribution in [1.29, 1.82) is 0 Å². The highest BCUT2D eigenvalue weighted by molar-refractivity contribution is 4.88. The van der Waals surface area contributed by atoms with Gasteiger partial charge in [-0.25, -0.2) is 0 Å². The minimum atomic E-state index is -0.950. The van der Waals surface area contributed by atoms with E-state index < -0.39 is 24.5 Å². The third kappa shape index (κ3) is 2.14. The van der Waals surface area contributed by atoms with Gasteiger partial charge in [0.25, 0.3) is 0 Å². The Morgan fingerprint density at radius 3 is 2.71 bits per heavy atom. The lowest BCUT2D eigenvalue weighted by Crippen LogP contribution is -2.53. The highest BCUT2D eigenvalue weighted by Gasteiger charge is 2.39. The van der Waals surface area contributed by atoms with Crippen LogP contribution in [0.25, 0.3) is 10.4 Å². The first kappa shape index (κ1) is 11.2. The number of hydrogen-bond acceptors (Lipinski definition) is 5. The molecule has 80 valence electrons. The van der Waals surface area contributed by atoms with Crippen molar-refractivity contribution in [3.05, 3.63) is 10.4 Å². The molecule has 1 rings (SSSR count). The molecule has 1 saturated heterocycles. The Morgan fingerprint density at radius 2 is 2.21 bits per heavy atom. The summed E-state index contributed by atoms with van der Waals surface area (Å²) in [5, 5.41) is 13.1. The molecule has 0 amide bonds. The molecular weight excluding hydrogens is 190 g/mol. The predicted molar refractivity (Wildman–Crippen MR) is 46.5 cm³/mol. The number of azide groups is 1. The van der Waals surface area contributed by atoms with Crippen LogP contribution in [0.1, 0.15) is 0 Å². The fourth-order valence-corrected chi connectivity index (χ4v) is 1.44. The van der Waals surface area contributed by atoms with Crippen LogP contribution in [0.5, 0.6) is 0 Å². The molecule has 0 aliphatic carbocycles. The predicted octanol–water partition coefficient (Wildman–Crippen LogP) is 0.0439. The van der Waals surface area contributed by atoms with E-state index >= 15 is 0 Å². The van der Waals surface area contributed by atoms with Gasteiger partial charge in [-0.3, -0.25) is 0 Å². The van der Waals surface area contributed by atoms with E-state index in [1.165, 1.54) is 14.2 Å². The van der Waals surface area contributed by atoms with Crippen LogP contribution in [0.15, 0.2) is 5.11 Å². The molecule has 1 aliphatic rings. The fraction of sp³-hybridized carbons (Fsp3) is 1.00. The van der Waals surface area contributed by atoms with Crippen LogP contribution < -0.4 is 0 Å². The third-order valence-electron chi connectivity index (χ3n) is 2.13. The summed E-state index contributed by atoms with van der Waals surface area (Å²) in [5.74, 6) is 0. The Labute approximate surface area is 81.2 Å². The maximum Gasteiger partial charge on any atom is 0.185 e. The zero-order valence-corrected chi connectivity index (χ0v) is 8.03. The van der Waals surface area contributed by atoms with Gasteiger partial charge in [0.2, 0.25) is 0 Å². The molecule has 7 nitrogen and oxygen atoms in total. The average Bonchev–Trinajstić information content (AvgIpc) is 2.19. The molecule has 7 heteroatoms. The minimum Gasteiger partial charge on any atom is -0.385 e. The SMILES string of the molecule is CO[C@H]1OC[C@H](N=[N+]=[N-])[C@@H](OC)[C@H]1O. The molecule has 0 unspecified atom stereocenters. The first-order valence-electron chi connectivity index (χ1n) is 4.14. The number of aliphatic hydroxyl groups is 1. The van der Waals surface area contributed by atoms with E-state index in [1.54, 1.807) is 0 Å². The first-order chi connectivity index (χ1) is 6.74. The summed E-state index contributed by atoms with van der Waals surface area (Å²) in [6, 6.07) is -0.522. The van der Waals surface area contributed by atoms with Crippen molar-refractivity contribution in [3.8, 4) is 0 Å². The molecular formula is C7H13N3O4. The highest BCUT2D eigenvalue weighted by atomic mass is 16.7. The van der Waals surface area contributed by atoms with E-state index in [4.69, 9.17) is 19.7 Å². The molecule has 0 radical (unpaired) electrons. The smallest absolute Gasteiger partial charge is 0.185 e. The maximum absolute atomic E-state index is 9.67. The largest absolute Gasteiger partial charge is 0.385 e. The molecule has 14 heavy (non-hydrogen) atoms. The number of nitrogens with zero attached hydrogens (tertiary/aromatic N) is 3. The summed E-state index contributed by atoms with van der Waals surface area (Å²) in [5.41, 5.74) is 8.28. The van der Waals surface area contributed by atoms with Gasteiger partial charge in [-0.2, -0.15) is 0 Å². The van der Waals surface area contributed by atoms with E-state index in [-0.39, 0.29) is 6.61 Å². The lowest BCUT2D eigenvalue weighted by molar-refractivity contribution is -0.242. The van der Waals surface area contributed by atoms with Crippen LogP contribution in [0, 0.1) is 0 Å². The molecule has 0 saturated carbocycles. The van der Waals surface area contributed by atoms with Gasteiger partial charge < -0.3 is 19.3 Å². The summed E-state index contributed by atoms with van der Waals surface area (Å²) in [6.07, 6.45) is -2.27. The number of rotatable bonds is 3. The molecule has 1 fully saturated rings. The molecule has 0 spiro atoms. The second kappa shape index (κ2) is 5.14. The monoisotopic (exact) mass is 203 g/mol. The summed E-state index contributed by atoms with van der Waals surface area (Å²) < 4.78 is 15.0. The van der Waals surface area contributed by atoms with E-state index in [2.05, 4.69) is 10.0 Å². The Hall–Kier alpha value is -0.850. The van der Waals surface area contributed by atoms with Crippen LogP contribution >= 0.6 is 0 Å². The number of methoxy groups -OCH3 is 2. The summed E-state index contributed by atoms with van der Waals surface area (Å²) in [4.78, 5) is 2.66. The maximum atomic E-state index is 9.67. The molecule has 1 N–H and O–H groups in total. The van der Waals surface area contributed by atoms with Gasteiger partial charge >= 0.3 is 0 Å². The van der Waals surface area contributed by atoms with Crippen LogP contribution in [0.2, 0.25) is 0 Å².